The van der Waals surface area contributed by atoms with Gasteiger partial charge in [-0.25, -0.2) is 4.79 Å². The van der Waals surface area contributed by atoms with Gasteiger partial charge in [-0.3, -0.25) is 9.69 Å². The molecule has 0 saturated heterocycles. The van der Waals surface area contributed by atoms with Crippen LogP contribution in [0.3, 0.4) is 0 Å². The van der Waals surface area contributed by atoms with Gasteiger partial charge >= 0.3 is 6.09 Å². The highest BCUT2D eigenvalue weighted by Gasteiger charge is 2.34. The summed E-state index contributed by atoms with van der Waals surface area (Å²) in [6.07, 6.45) is 0.198. The quantitative estimate of drug-likeness (QED) is 0.451. The summed E-state index contributed by atoms with van der Waals surface area (Å²) in [4.78, 5) is 41.1. The molecule has 0 fully saturated rings. The Morgan fingerprint density at radius 1 is 0.912 bits per heavy atom. The average molecular weight is 461 g/mol. The van der Waals surface area contributed by atoms with Crippen molar-refractivity contribution in [3.8, 4) is 0 Å². The average Bonchev–Trinajstić information content (AvgIpc) is 2.80. The van der Waals surface area contributed by atoms with Crippen LogP contribution in [-0.2, 0) is 27.3 Å². The predicted molar refractivity (Wildman–Crippen MR) is 133 cm³/mol. The molecule has 3 aromatic rings. The van der Waals surface area contributed by atoms with E-state index >= 15 is 0 Å². The molecule has 6 nitrogen and oxygen atoms in total. The highest BCUT2D eigenvalue weighted by Crippen LogP contribution is 2.21. The van der Waals surface area contributed by atoms with Crippen LogP contribution in [0.15, 0.2) is 72.8 Å². The number of nitrogens with zero attached hydrogens (tertiary/aromatic N) is 2. The molecule has 0 N–H and O–H groups in total. The van der Waals surface area contributed by atoms with Crippen molar-refractivity contribution in [2.75, 3.05) is 13.6 Å². The second kappa shape index (κ2) is 11.0. The molecule has 2 amide bonds. The molecule has 0 saturated carbocycles. The van der Waals surface area contributed by atoms with Gasteiger partial charge in [0.1, 0.15) is 17.9 Å². The van der Waals surface area contributed by atoms with E-state index in [1.165, 1.54) is 4.90 Å². The first-order valence-electron chi connectivity index (χ1n) is 11.4. The fraction of sp³-hybridized carbons (Fsp3) is 0.321. The maximum Gasteiger partial charge on any atom is 0.411 e. The summed E-state index contributed by atoms with van der Waals surface area (Å²) in [6.45, 7) is 5.41. The van der Waals surface area contributed by atoms with Crippen molar-refractivity contribution in [2.45, 2.75) is 45.4 Å². The standard InChI is InChI=1S/C28H32N2O4/c1-28(2,3)34-27(33)30(16-17-31)25(26(32)29(4)20-21-10-6-5-7-11-21)19-22-14-15-23-12-8-9-13-24(23)18-22/h5-15,17-18,25H,16,19-20H2,1-4H3/t25-/m0/s1. The van der Waals surface area contributed by atoms with Gasteiger partial charge in [-0.2, -0.15) is 0 Å². The Morgan fingerprint density at radius 2 is 1.56 bits per heavy atom. The van der Waals surface area contributed by atoms with Crippen molar-refractivity contribution in [1.82, 2.24) is 9.80 Å². The number of hydrogen-bond acceptors (Lipinski definition) is 4. The fourth-order valence-corrected chi connectivity index (χ4v) is 3.84. The zero-order chi connectivity index (χ0) is 24.7. The van der Waals surface area contributed by atoms with Crippen LogP contribution in [0, 0.1) is 0 Å². The van der Waals surface area contributed by atoms with Gasteiger partial charge in [0.05, 0.1) is 6.54 Å². The number of carbonyl (C=O) groups excluding carboxylic acids is 3. The monoisotopic (exact) mass is 460 g/mol. The molecule has 0 aromatic heterocycles. The van der Waals surface area contributed by atoms with E-state index in [0.29, 0.717) is 12.8 Å². The second-order valence-corrected chi connectivity index (χ2v) is 9.38. The third-order valence-electron chi connectivity index (χ3n) is 5.44. The highest BCUT2D eigenvalue weighted by molar-refractivity contribution is 5.88. The molecule has 178 valence electrons. The van der Waals surface area contributed by atoms with Crippen molar-refractivity contribution >= 4 is 29.1 Å². The van der Waals surface area contributed by atoms with Gasteiger partial charge in [0, 0.05) is 20.0 Å². The first-order valence-corrected chi connectivity index (χ1v) is 11.4. The lowest BCUT2D eigenvalue weighted by Gasteiger charge is -2.34. The molecule has 0 spiro atoms. The Hall–Kier alpha value is -3.67. The van der Waals surface area contributed by atoms with E-state index in [1.807, 2.05) is 72.8 Å². The van der Waals surface area contributed by atoms with Gasteiger partial charge < -0.3 is 14.4 Å². The zero-order valence-corrected chi connectivity index (χ0v) is 20.2. The molecule has 6 heteroatoms. The van der Waals surface area contributed by atoms with Crippen LogP contribution in [0.2, 0.25) is 0 Å². The number of rotatable bonds is 8. The summed E-state index contributed by atoms with van der Waals surface area (Å²) in [5, 5.41) is 2.13. The highest BCUT2D eigenvalue weighted by atomic mass is 16.6. The molecule has 0 heterocycles. The lowest BCUT2D eigenvalue weighted by molar-refractivity contribution is -0.136. The lowest BCUT2D eigenvalue weighted by atomic mass is 10.00. The lowest BCUT2D eigenvalue weighted by Crippen LogP contribution is -2.52. The maximum atomic E-state index is 13.7. The molecule has 34 heavy (non-hydrogen) atoms. The number of carbonyl (C=O) groups is 3. The van der Waals surface area contributed by atoms with Crippen molar-refractivity contribution in [3.63, 3.8) is 0 Å². The molecule has 3 rings (SSSR count). The molecule has 0 radical (unpaired) electrons. The molecule has 0 unspecified atom stereocenters. The minimum absolute atomic E-state index is 0.238. The topological polar surface area (TPSA) is 66.9 Å². The second-order valence-electron chi connectivity index (χ2n) is 9.38. The third kappa shape index (κ3) is 6.67. The van der Waals surface area contributed by atoms with Crippen LogP contribution in [-0.4, -0.2) is 53.3 Å². The van der Waals surface area contributed by atoms with Crippen molar-refractivity contribution in [3.05, 3.63) is 83.9 Å². The Kier molecular flexibility index (Phi) is 8.05. The van der Waals surface area contributed by atoms with Crippen LogP contribution < -0.4 is 0 Å². The Balaban J connectivity index is 1.94. The van der Waals surface area contributed by atoms with Gasteiger partial charge in [-0.05, 0) is 42.7 Å². The summed E-state index contributed by atoms with van der Waals surface area (Å²) >= 11 is 0. The zero-order valence-electron chi connectivity index (χ0n) is 20.2. The molecule has 0 bridgehead atoms. The van der Waals surface area contributed by atoms with E-state index in [1.54, 1.807) is 32.7 Å². The largest absolute Gasteiger partial charge is 0.444 e. The maximum absolute atomic E-state index is 13.7. The number of ether oxygens (including phenoxy) is 1. The minimum Gasteiger partial charge on any atom is -0.444 e. The Labute approximate surface area is 201 Å². The van der Waals surface area contributed by atoms with E-state index in [4.69, 9.17) is 4.74 Å². The first-order chi connectivity index (χ1) is 16.2. The third-order valence-corrected chi connectivity index (χ3v) is 5.44. The Bertz CT molecular complexity index is 1140. The van der Waals surface area contributed by atoms with Crippen molar-refractivity contribution in [2.24, 2.45) is 0 Å². The van der Waals surface area contributed by atoms with E-state index in [-0.39, 0.29) is 18.9 Å². The predicted octanol–water partition coefficient (Wildman–Crippen LogP) is 4.85. The van der Waals surface area contributed by atoms with Crippen LogP contribution >= 0.6 is 0 Å². The van der Waals surface area contributed by atoms with E-state index in [2.05, 4.69) is 0 Å². The molecule has 1 atom stereocenters. The Morgan fingerprint density at radius 3 is 2.21 bits per heavy atom. The van der Waals surface area contributed by atoms with E-state index in [9.17, 15) is 14.4 Å². The van der Waals surface area contributed by atoms with Crippen LogP contribution in [0.5, 0.6) is 0 Å². The number of hydrogen-bond donors (Lipinski definition) is 0. The summed E-state index contributed by atoms with van der Waals surface area (Å²) < 4.78 is 5.55. The van der Waals surface area contributed by atoms with Gasteiger partial charge in [-0.15, -0.1) is 0 Å². The summed E-state index contributed by atoms with van der Waals surface area (Å²) in [5.41, 5.74) is 1.11. The van der Waals surface area contributed by atoms with Crippen molar-refractivity contribution in [1.29, 1.82) is 0 Å². The van der Waals surface area contributed by atoms with Gasteiger partial charge in [-0.1, -0.05) is 72.8 Å². The van der Waals surface area contributed by atoms with Crippen molar-refractivity contribution < 1.29 is 19.1 Å². The molecule has 0 aliphatic carbocycles. The molecular weight excluding hydrogens is 428 g/mol. The SMILES string of the molecule is CN(Cc1ccccc1)C(=O)[C@H](Cc1ccc2ccccc2c1)N(CC=O)C(=O)OC(C)(C)C. The smallest absolute Gasteiger partial charge is 0.411 e. The van der Waals surface area contributed by atoms with E-state index in [0.717, 1.165) is 21.9 Å². The number of amides is 2. The summed E-state index contributed by atoms with van der Waals surface area (Å²) in [7, 11) is 1.71. The number of fused-ring (bicyclic) bond motifs is 1. The molecule has 3 aromatic carbocycles. The van der Waals surface area contributed by atoms with Crippen LogP contribution in [0.1, 0.15) is 31.9 Å². The first kappa shape index (κ1) is 25.0. The minimum atomic E-state index is -0.894. The summed E-state index contributed by atoms with van der Waals surface area (Å²) in [5.74, 6) is -0.260. The van der Waals surface area contributed by atoms with Gasteiger partial charge in [0.2, 0.25) is 5.91 Å². The fourth-order valence-electron chi connectivity index (χ4n) is 3.84. The van der Waals surface area contributed by atoms with Gasteiger partial charge in [0.15, 0.2) is 0 Å². The van der Waals surface area contributed by atoms with Crippen LogP contribution in [0.25, 0.3) is 10.8 Å². The molecule has 0 aliphatic rings. The number of benzene rings is 3. The van der Waals surface area contributed by atoms with Crippen LogP contribution in [0.4, 0.5) is 4.79 Å². The van der Waals surface area contributed by atoms with E-state index < -0.39 is 17.7 Å². The van der Waals surface area contributed by atoms with Gasteiger partial charge in [0.25, 0.3) is 0 Å². The normalized spacial score (nSPS) is 12.1. The number of aldehydes is 1. The summed E-state index contributed by atoms with van der Waals surface area (Å²) in [6, 6.07) is 22.7. The molecular formula is C28H32N2O4. The number of likely N-dealkylation sites (N-methyl/N-ethyl adjacent to an activating group) is 1. The molecule has 0 aliphatic heterocycles.